The third-order valence-corrected chi connectivity index (χ3v) is 4.26. The Labute approximate surface area is 145 Å². The largest absolute Gasteiger partial charge is 0.326 e. The third kappa shape index (κ3) is 4.67. The summed E-state index contributed by atoms with van der Waals surface area (Å²) in [5.74, 6) is -0.495. The van der Waals surface area contributed by atoms with Crippen LogP contribution in [-0.4, -0.2) is 19.5 Å². The van der Waals surface area contributed by atoms with E-state index in [0.717, 1.165) is 10.5 Å². The zero-order chi connectivity index (χ0) is 17.0. The van der Waals surface area contributed by atoms with Crippen molar-refractivity contribution in [1.82, 2.24) is 0 Å². The number of rotatable bonds is 5. The molecule has 0 bridgehead atoms. The van der Waals surface area contributed by atoms with Gasteiger partial charge in [0.05, 0.1) is 22.8 Å². The minimum atomic E-state index is -0.267. The van der Waals surface area contributed by atoms with Gasteiger partial charge in [0.2, 0.25) is 0 Å². The summed E-state index contributed by atoms with van der Waals surface area (Å²) in [6.07, 6.45) is 0. The van der Waals surface area contributed by atoms with E-state index in [-0.39, 0.29) is 18.3 Å². The molecule has 2 aromatic rings. The molecule has 2 N–H and O–H groups in total. The lowest BCUT2D eigenvalue weighted by Gasteiger charge is -2.15. The molecule has 0 radical (unpaired) electrons. The van der Waals surface area contributed by atoms with Crippen molar-refractivity contribution in [2.24, 2.45) is 0 Å². The van der Waals surface area contributed by atoms with Crippen LogP contribution < -0.4 is 10.2 Å². The molecule has 3 nitrogen and oxygen atoms in total. The number of amides is 1. The predicted molar refractivity (Wildman–Crippen MR) is 91.7 cm³/mol. The van der Waals surface area contributed by atoms with Crippen molar-refractivity contribution >= 4 is 34.8 Å². The van der Waals surface area contributed by atoms with E-state index in [0.29, 0.717) is 27.8 Å². The lowest BCUT2D eigenvalue weighted by molar-refractivity contribution is -0.885. The van der Waals surface area contributed by atoms with Crippen molar-refractivity contribution in [2.45, 2.75) is 13.5 Å². The Morgan fingerprint density at radius 3 is 2.61 bits per heavy atom. The fourth-order valence-electron chi connectivity index (χ4n) is 2.26. The number of nitrogens with one attached hydrogen (secondary N) is 2. The molecule has 2 rings (SSSR count). The Hall–Kier alpha value is -1.62. The summed E-state index contributed by atoms with van der Waals surface area (Å²) < 4.78 is 13.6. The smallest absolute Gasteiger partial charge is 0.279 e. The van der Waals surface area contributed by atoms with Crippen LogP contribution in [0.1, 0.15) is 11.1 Å². The van der Waals surface area contributed by atoms with Crippen molar-refractivity contribution in [3.8, 4) is 0 Å². The van der Waals surface area contributed by atoms with Gasteiger partial charge in [-0.1, -0.05) is 47.5 Å². The Balaban J connectivity index is 2.00. The minimum absolute atomic E-state index is 0.176. The van der Waals surface area contributed by atoms with Crippen LogP contribution in [0.4, 0.5) is 10.1 Å². The highest BCUT2D eigenvalue weighted by atomic mass is 35.5. The van der Waals surface area contributed by atoms with Gasteiger partial charge in [-0.3, -0.25) is 4.79 Å². The average molecular weight is 356 g/mol. The van der Waals surface area contributed by atoms with Crippen LogP contribution in [0, 0.1) is 12.7 Å². The number of hydrogen-bond acceptors (Lipinski definition) is 1. The van der Waals surface area contributed by atoms with Gasteiger partial charge < -0.3 is 10.2 Å². The number of halogens is 3. The molecule has 0 fully saturated rings. The second-order valence-corrected chi connectivity index (χ2v) is 6.29. The molecule has 0 saturated heterocycles. The van der Waals surface area contributed by atoms with Gasteiger partial charge >= 0.3 is 0 Å². The predicted octanol–water partition coefficient (Wildman–Crippen LogP) is 3.09. The number of likely N-dealkylation sites (N-methyl/N-ethyl adjacent to an activating group) is 1. The van der Waals surface area contributed by atoms with E-state index in [4.69, 9.17) is 23.2 Å². The standard InChI is InChI=1S/C17H17Cl2FN2O/c1-11-7-8-13(18)17(16(11)19)21-15(23)10-22(2)9-12-5-3-4-6-14(12)20/h3-8H,9-10H2,1-2H3,(H,21,23)/p+1. The number of carbonyl (C=O) groups is 1. The summed E-state index contributed by atoms with van der Waals surface area (Å²) in [5.41, 5.74) is 1.82. The third-order valence-electron chi connectivity index (χ3n) is 3.46. The molecule has 0 saturated carbocycles. The minimum Gasteiger partial charge on any atom is -0.326 e. The fourth-order valence-corrected chi connectivity index (χ4v) is 2.72. The van der Waals surface area contributed by atoms with Gasteiger partial charge in [-0.15, -0.1) is 0 Å². The van der Waals surface area contributed by atoms with E-state index in [1.165, 1.54) is 6.07 Å². The van der Waals surface area contributed by atoms with Gasteiger partial charge in [-0.25, -0.2) is 4.39 Å². The molecule has 0 spiro atoms. The number of hydrogen-bond donors (Lipinski definition) is 2. The first-order valence-electron chi connectivity index (χ1n) is 7.17. The average Bonchev–Trinajstić information content (AvgIpc) is 2.50. The summed E-state index contributed by atoms with van der Waals surface area (Å²) in [5, 5.41) is 3.55. The maximum Gasteiger partial charge on any atom is 0.279 e. The first-order valence-corrected chi connectivity index (χ1v) is 7.93. The second-order valence-electron chi connectivity index (χ2n) is 5.50. The van der Waals surface area contributed by atoms with Crippen molar-refractivity contribution in [2.75, 3.05) is 18.9 Å². The van der Waals surface area contributed by atoms with Gasteiger partial charge in [0.1, 0.15) is 12.4 Å². The topological polar surface area (TPSA) is 33.5 Å². The Morgan fingerprint density at radius 1 is 1.22 bits per heavy atom. The van der Waals surface area contributed by atoms with Gasteiger partial charge in [-0.2, -0.15) is 0 Å². The van der Waals surface area contributed by atoms with Crippen LogP contribution in [0.2, 0.25) is 10.0 Å². The van der Waals surface area contributed by atoms with Gasteiger partial charge in [0.15, 0.2) is 6.54 Å². The Kier molecular flexibility index (Phi) is 5.99. The van der Waals surface area contributed by atoms with Gasteiger partial charge in [0, 0.05) is 5.56 Å². The van der Waals surface area contributed by atoms with Crippen LogP contribution in [0.3, 0.4) is 0 Å². The number of carbonyl (C=O) groups excluding carboxylic acids is 1. The summed E-state index contributed by atoms with van der Waals surface area (Å²) in [7, 11) is 1.82. The second kappa shape index (κ2) is 7.77. The Bertz CT molecular complexity index is 722. The molecule has 23 heavy (non-hydrogen) atoms. The highest BCUT2D eigenvalue weighted by Gasteiger charge is 2.16. The summed E-state index contributed by atoms with van der Waals surface area (Å²) in [6.45, 7) is 2.42. The van der Waals surface area contributed by atoms with Crippen molar-refractivity contribution in [3.63, 3.8) is 0 Å². The number of anilines is 1. The molecule has 0 aliphatic heterocycles. The SMILES string of the molecule is Cc1ccc(Cl)c(NC(=O)C[NH+](C)Cc2ccccc2F)c1Cl. The highest BCUT2D eigenvalue weighted by Crippen LogP contribution is 2.32. The fraction of sp³-hybridized carbons (Fsp3) is 0.235. The monoisotopic (exact) mass is 355 g/mol. The number of aryl methyl sites for hydroxylation is 1. The number of quaternary nitrogens is 1. The number of benzene rings is 2. The van der Waals surface area contributed by atoms with Crippen molar-refractivity contribution in [3.05, 3.63) is 63.4 Å². The zero-order valence-electron chi connectivity index (χ0n) is 12.9. The molecular weight excluding hydrogens is 338 g/mol. The summed E-state index contributed by atoms with van der Waals surface area (Å²) in [4.78, 5) is 13.0. The van der Waals surface area contributed by atoms with Crippen LogP contribution >= 0.6 is 23.2 Å². The van der Waals surface area contributed by atoms with Gasteiger partial charge in [0.25, 0.3) is 5.91 Å². The maximum absolute atomic E-state index is 13.6. The molecular formula is C17H18Cl2FN2O+. The molecule has 0 heterocycles. The van der Waals surface area contributed by atoms with Crippen molar-refractivity contribution in [1.29, 1.82) is 0 Å². The lowest BCUT2D eigenvalue weighted by atomic mass is 10.2. The van der Waals surface area contributed by atoms with Crippen LogP contribution in [0.25, 0.3) is 0 Å². The molecule has 0 aliphatic carbocycles. The van der Waals surface area contributed by atoms with E-state index >= 15 is 0 Å². The van der Waals surface area contributed by atoms with E-state index in [9.17, 15) is 9.18 Å². The molecule has 1 unspecified atom stereocenters. The quantitative estimate of drug-likeness (QED) is 0.848. The van der Waals surface area contributed by atoms with Crippen LogP contribution in [-0.2, 0) is 11.3 Å². The van der Waals surface area contributed by atoms with E-state index < -0.39 is 0 Å². The highest BCUT2D eigenvalue weighted by molar-refractivity contribution is 6.40. The molecule has 0 aromatic heterocycles. The van der Waals surface area contributed by atoms with Crippen molar-refractivity contribution < 1.29 is 14.1 Å². The Morgan fingerprint density at radius 2 is 1.91 bits per heavy atom. The zero-order valence-corrected chi connectivity index (χ0v) is 14.4. The molecule has 0 aliphatic rings. The molecule has 1 amide bonds. The van der Waals surface area contributed by atoms with Crippen LogP contribution in [0.15, 0.2) is 36.4 Å². The van der Waals surface area contributed by atoms with E-state index in [1.54, 1.807) is 30.3 Å². The molecule has 1 atom stereocenters. The first kappa shape index (κ1) is 17.7. The summed E-state index contributed by atoms with van der Waals surface area (Å²) >= 11 is 12.3. The molecule has 122 valence electrons. The van der Waals surface area contributed by atoms with E-state index in [2.05, 4.69) is 5.32 Å². The molecule has 6 heteroatoms. The normalized spacial score (nSPS) is 12.0. The van der Waals surface area contributed by atoms with Gasteiger partial charge in [-0.05, 0) is 24.6 Å². The lowest BCUT2D eigenvalue weighted by Crippen LogP contribution is -3.08. The van der Waals surface area contributed by atoms with E-state index in [1.807, 2.05) is 14.0 Å². The first-order chi connectivity index (χ1) is 10.9. The van der Waals surface area contributed by atoms with Crippen LogP contribution in [0.5, 0.6) is 0 Å². The maximum atomic E-state index is 13.6. The summed E-state index contributed by atoms with van der Waals surface area (Å²) in [6, 6.07) is 10.0. The molecule has 2 aromatic carbocycles.